The molecule has 18 atom stereocenters. The summed E-state index contributed by atoms with van der Waals surface area (Å²) in [5, 5.41) is 59.7. The molecule has 0 saturated carbocycles. The molecule has 3 aliphatic rings. The number of esters is 1. The fourth-order valence-corrected chi connectivity index (χ4v) is 11.7. The van der Waals surface area contributed by atoms with Crippen LogP contribution in [0.3, 0.4) is 0 Å². The van der Waals surface area contributed by atoms with Gasteiger partial charge in [0.2, 0.25) is 5.43 Å². The Bertz CT molecular complexity index is 2310. The van der Waals surface area contributed by atoms with Crippen molar-refractivity contribution in [3.63, 3.8) is 0 Å². The molecule has 0 spiro atoms. The highest BCUT2D eigenvalue weighted by Crippen LogP contribution is 2.41. The van der Waals surface area contributed by atoms with Gasteiger partial charge in [0, 0.05) is 77.0 Å². The number of aromatic carboxylic acids is 1. The highest BCUT2D eigenvalue weighted by molar-refractivity contribution is 5.93. The maximum absolute atomic E-state index is 14.6. The van der Waals surface area contributed by atoms with E-state index in [0.29, 0.717) is 43.7 Å². The van der Waals surface area contributed by atoms with Crippen LogP contribution in [-0.2, 0) is 42.7 Å². The maximum atomic E-state index is 14.6. The first-order valence-electron chi connectivity index (χ1n) is 27.0. The Labute approximate surface area is 450 Å². The van der Waals surface area contributed by atoms with Crippen LogP contribution in [0.2, 0.25) is 0 Å². The van der Waals surface area contributed by atoms with Crippen LogP contribution >= 0.6 is 0 Å². The summed E-state index contributed by atoms with van der Waals surface area (Å²) in [4.78, 5) is 43.3. The number of carbonyl (C=O) groups excluding carboxylic acids is 1. The Balaban J connectivity index is 1.34. The number of fused-ring (bicyclic) bond motifs is 1. The van der Waals surface area contributed by atoms with Crippen LogP contribution in [0.15, 0.2) is 35.3 Å². The van der Waals surface area contributed by atoms with E-state index in [-0.39, 0.29) is 54.9 Å². The van der Waals surface area contributed by atoms with Crippen molar-refractivity contribution in [1.29, 1.82) is 0 Å². The van der Waals surface area contributed by atoms with Gasteiger partial charge in [-0.15, -0.1) is 0 Å². The minimum atomic E-state index is -1.84. The highest BCUT2D eigenvalue weighted by Gasteiger charge is 2.53. The molecule has 5 rings (SSSR count). The normalized spacial score (nSPS) is 37.8. The minimum absolute atomic E-state index is 0.175. The van der Waals surface area contributed by atoms with E-state index in [1.807, 2.05) is 83.8 Å². The summed E-state index contributed by atoms with van der Waals surface area (Å²) in [5.41, 5.74) is -3.97. The Morgan fingerprint density at radius 3 is 2.25 bits per heavy atom. The Kier molecular flexibility index (Phi) is 22.1. The van der Waals surface area contributed by atoms with E-state index < -0.39 is 107 Å². The van der Waals surface area contributed by atoms with E-state index in [1.54, 1.807) is 70.7 Å². The number of carbonyl (C=O) groups is 2. The monoisotopic (exact) mass is 1080 g/mol. The van der Waals surface area contributed by atoms with E-state index in [9.17, 15) is 39.9 Å². The number of carboxylic acid groups (broad SMARTS) is 1. The molecule has 20 nitrogen and oxygen atoms in total. The third-order valence-corrected chi connectivity index (χ3v) is 16.1. The summed E-state index contributed by atoms with van der Waals surface area (Å²) in [7, 11) is 10.7. The third kappa shape index (κ3) is 14.8. The number of aromatic nitrogens is 1. The number of aliphatic hydroxyl groups is 4. The largest absolute Gasteiger partial charge is 0.477 e. The van der Waals surface area contributed by atoms with Crippen molar-refractivity contribution in [2.45, 2.75) is 192 Å². The quantitative estimate of drug-likeness (QED) is 0.110. The fraction of sp³-hybridized carbons (Fsp3) is 0.768. The number of methoxy groups -OCH3 is 1. The van der Waals surface area contributed by atoms with Crippen molar-refractivity contribution in [3.05, 3.63) is 51.8 Å². The average molecular weight is 1080 g/mol. The lowest BCUT2D eigenvalue weighted by Gasteiger charge is -2.49. The van der Waals surface area contributed by atoms with Gasteiger partial charge in [0.15, 0.2) is 12.6 Å². The number of hydrogen-bond acceptors (Lipinski definition) is 18. The first-order chi connectivity index (χ1) is 35.5. The number of nitrogens with zero attached hydrogens (tertiary/aromatic N) is 4. The summed E-state index contributed by atoms with van der Waals surface area (Å²) in [6.45, 7) is 19.3. The van der Waals surface area contributed by atoms with Crippen LogP contribution in [0.5, 0.6) is 0 Å². The first kappa shape index (κ1) is 63.2. The third-order valence-electron chi connectivity index (χ3n) is 16.1. The van der Waals surface area contributed by atoms with E-state index in [1.165, 1.54) is 13.1 Å². The van der Waals surface area contributed by atoms with E-state index in [2.05, 4.69) is 0 Å². The smallest absolute Gasteiger partial charge is 0.341 e. The number of cyclic esters (lactones) is 1. The van der Waals surface area contributed by atoms with Gasteiger partial charge >= 0.3 is 11.9 Å². The van der Waals surface area contributed by atoms with E-state index >= 15 is 0 Å². The van der Waals surface area contributed by atoms with Gasteiger partial charge < -0.3 is 78.2 Å². The Morgan fingerprint density at radius 2 is 1.63 bits per heavy atom. The number of benzene rings is 1. The van der Waals surface area contributed by atoms with Crippen LogP contribution in [0.25, 0.3) is 17.0 Å². The van der Waals surface area contributed by atoms with Gasteiger partial charge in [0.1, 0.15) is 35.6 Å². The zero-order valence-electron chi connectivity index (χ0n) is 48.0. The van der Waals surface area contributed by atoms with E-state index in [4.69, 9.17) is 37.9 Å². The number of carboxylic acids is 1. The van der Waals surface area contributed by atoms with Crippen LogP contribution in [0, 0.1) is 17.8 Å². The Morgan fingerprint density at radius 1 is 0.947 bits per heavy atom. The summed E-state index contributed by atoms with van der Waals surface area (Å²) in [5.74, 6) is -4.02. The molecule has 0 amide bonds. The molecular weight excluding hydrogens is 985 g/mol. The molecule has 3 saturated heterocycles. The van der Waals surface area contributed by atoms with Crippen molar-refractivity contribution >= 4 is 28.9 Å². The lowest BCUT2D eigenvalue weighted by molar-refractivity contribution is -0.320. The van der Waals surface area contributed by atoms with Gasteiger partial charge in [-0.25, -0.2) is 4.79 Å². The number of ether oxygens (including phenoxy) is 8. The van der Waals surface area contributed by atoms with Crippen LogP contribution in [-0.4, -0.2) is 211 Å². The number of likely N-dealkylation sites (N-methyl/N-ethyl adjacent to an activating group) is 2. The summed E-state index contributed by atoms with van der Waals surface area (Å²) < 4.78 is 53.0. The van der Waals surface area contributed by atoms with Gasteiger partial charge in [-0.3, -0.25) is 14.3 Å². The molecule has 2 aromatic rings. The zero-order valence-corrected chi connectivity index (χ0v) is 48.0. The SMILES string of the molecule is CC[C@H]1OC(=O)[C@H](C)[C@@H](O[C@H]2C[C@@](C)(OC)[C@@H](OCCCOC/C=C/c3ccc4c(c3)c(=O)c(C(=O)O)cn4N(C)C)[C@H](C)O2)[C@H](C)[C@@H](O[C@@H]2O[C@H](C)C[C@H](N(C)C)[C@H]2O)[C@](C)(O)C[C@@H](C)CN(C)[C@H](C)[C@@H](O)[C@]1(C)O. The number of hydrogen-bond donors (Lipinski definition) is 5. The Hall–Kier alpha value is -3.61. The van der Waals surface area contributed by atoms with Crippen LogP contribution in [0.1, 0.15) is 117 Å². The van der Waals surface area contributed by atoms with E-state index in [0.717, 1.165) is 0 Å². The summed E-state index contributed by atoms with van der Waals surface area (Å²) >= 11 is 0. The molecule has 3 aliphatic heterocycles. The zero-order chi connectivity index (χ0) is 56.8. The summed E-state index contributed by atoms with van der Waals surface area (Å²) in [6.07, 6.45) is -2.54. The highest BCUT2D eigenvalue weighted by atomic mass is 16.7. The topological polar surface area (TPSA) is 241 Å². The molecule has 76 heavy (non-hydrogen) atoms. The van der Waals surface area contributed by atoms with Crippen molar-refractivity contribution in [2.75, 3.05) is 73.7 Å². The van der Waals surface area contributed by atoms with Gasteiger partial charge in [0.05, 0.1) is 53.7 Å². The van der Waals surface area contributed by atoms with Crippen LogP contribution in [0.4, 0.5) is 0 Å². The number of rotatable bonds is 17. The predicted octanol–water partition coefficient (Wildman–Crippen LogP) is 4.26. The molecule has 432 valence electrons. The molecular formula is C56H92N4O16. The molecule has 3 fully saturated rings. The second-order valence-electron chi connectivity index (χ2n) is 23.0. The summed E-state index contributed by atoms with van der Waals surface area (Å²) in [6, 6.07) is 4.42. The second kappa shape index (κ2) is 26.6. The molecule has 20 heteroatoms. The average Bonchev–Trinajstić information content (AvgIpc) is 3.34. The fourth-order valence-electron chi connectivity index (χ4n) is 11.7. The van der Waals surface area contributed by atoms with Gasteiger partial charge in [-0.1, -0.05) is 39.0 Å². The molecule has 0 aliphatic carbocycles. The number of aliphatic hydroxyl groups excluding tert-OH is 2. The second-order valence-corrected chi connectivity index (χ2v) is 23.0. The van der Waals surface area contributed by atoms with Gasteiger partial charge in [0.25, 0.3) is 0 Å². The maximum Gasteiger partial charge on any atom is 0.341 e. The molecule has 0 radical (unpaired) electrons. The standard InChI is InChI=1S/C56H92N4O16/c1-17-43-56(10,68)48(63)36(6)59(15)30-32(2)28-54(8,67)49(76-53-46(62)42(57(11)12)26-33(3)72-53)34(4)47(35(5)52(66)74-43)75-44-29-55(9,69-16)50(37(7)73-44)71-25-19-24-70-23-18-20-38-21-22-41-39(27-38)45(61)40(51(64)65)31-60(41)58(13)14/h18,20-22,27,31-37,42-44,46-50,53,62-63,67-68H,17,19,23-26,28-30H2,1-16H3,(H,64,65)/b20-18+/t32-,33-,34+,35-,36-,37+,42+,43-,44+,46-,47+,48-,49-,50+,53+,54-,55-,56-/m1/s1. The van der Waals surface area contributed by atoms with Crippen molar-refractivity contribution in [1.82, 2.24) is 14.5 Å². The lowest BCUT2D eigenvalue weighted by atomic mass is 9.77. The van der Waals surface area contributed by atoms with Gasteiger partial charge in [-0.2, -0.15) is 0 Å². The molecule has 5 N–H and O–H groups in total. The first-order valence-corrected chi connectivity index (χ1v) is 27.0. The van der Waals surface area contributed by atoms with Gasteiger partial charge in [-0.05, 0) is 119 Å². The lowest BCUT2D eigenvalue weighted by Crippen LogP contribution is -2.61. The molecule has 0 bridgehead atoms. The molecule has 4 heterocycles. The predicted molar refractivity (Wildman–Crippen MR) is 288 cm³/mol. The molecule has 1 aromatic heterocycles. The molecule has 1 aromatic carbocycles. The van der Waals surface area contributed by atoms with Crippen molar-refractivity contribution < 1.29 is 73.0 Å². The van der Waals surface area contributed by atoms with Crippen molar-refractivity contribution in [3.8, 4) is 0 Å². The minimum Gasteiger partial charge on any atom is -0.477 e. The number of pyridine rings is 1. The van der Waals surface area contributed by atoms with Crippen LogP contribution < -0.4 is 10.4 Å². The van der Waals surface area contributed by atoms with Crippen molar-refractivity contribution in [2.24, 2.45) is 17.8 Å². The molecule has 0 unspecified atom stereocenters.